The Labute approximate surface area is 153 Å². The Hall–Kier alpha value is -2.97. The highest BCUT2D eigenvalue weighted by molar-refractivity contribution is 6.30. The van der Waals surface area contributed by atoms with Gasteiger partial charge in [-0.25, -0.2) is 19.9 Å². The highest BCUT2D eigenvalue weighted by atomic mass is 35.5. The predicted octanol–water partition coefficient (Wildman–Crippen LogP) is 3.13. The fourth-order valence-electron chi connectivity index (χ4n) is 2.62. The first kappa shape index (κ1) is 16.5. The lowest BCUT2D eigenvalue weighted by Crippen LogP contribution is -2.02. The maximum absolute atomic E-state index is 9.24. The van der Waals surface area contributed by atoms with Gasteiger partial charge >= 0.3 is 0 Å². The molecule has 132 valence electrons. The number of hydrogen-bond donors (Lipinski definition) is 3. The molecule has 0 spiro atoms. The van der Waals surface area contributed by atoms with Crippen molar-refractivity contribution in [3.8, 4) is 11.6 Å². The molecular formula is C17H16ClN7O. The van der Waals surface area contributed by atoms with Crippen LogP contribution in [0.25, 0.3) is 22.8 Å². The van der Waals surface area contributed by atoms with Crippen molar-refractivity contribution >= 4 is 34.3 Å². The van der Waals surface area contributed by atoms with E-state index in [1.54, 1.807) is 18.6 Å². The number of nitrogens with one attached hydrogen (secondary N) is 2. The van der Waals surface area contributed by atoms with Crippen molar-refractivity contribution in [3.63, 3.8) is 0 Å². The predicted molar refractivity (Wildman–Crippen MR) is 99.2 cm³/mol. The van der Waals surface area contributed by atoms with E-state index in [4.69, 9.17) is 11.6 Å². The topological polar surface area (TPSA) is 105 Å². The third-order valence-corrected chi connectivity index (χ3v) is 4.14. The summed E-state index contributed by atoms with van der Waals surface area (Å²) >= 11 is 6.07. The van der Waals surface area contributed by atoms with Crippen LogP contribution in [-0.2, 0) is 13.2 Å². The molecule has 3 N–H and O–H groups in total. The molecule has 0 bridgehead atoms. The smallest absolute Gasteiger partial charge is 0.199 e. The first-order valence-electron chi connectivity index (χ1n) is 8.08. The summed E-state index contributed by atoms with van der Waals surface area (Å²) in [7, 11) is 0. The van der Waals surface area contributed by atoms with E-state index in [0.717, 1.165) is 12.2 Å². The molecule has 26 heavy (non-hydrogen) atoms. The number of aliphatic hydroxyl groups excluding tert-OH is 1. The Balaban J connectivity index is 1.85. The van der Waals surface area contributed by atoms with Crippen LogP contribution in [0.1, 0.15) is 12.6 Å². The number of H-pyrrole nitrogens is 1. The fraction of sp³-hybridized carbons (Fsp3) is 0.176. The average Bonchev–Trinajstić information content (AvgIpc) is 3.28. The maximum atomic E-state index is 9.24. The number of benzene rings is 1. The number of halogens is 1. The van der Waals surface area contributed by atoms with Gasteiger partial charge in [0.1, 0.15) is 0 Å². The van der Waals surface area contributed by atoms with Crippen LogP contribution >= 0.6 is 11.6 Å². The van der Waals surface area contributed by atoms with Gasteiger partial charge in [-0.2, -0.15) is 0 Å². The van der Waals surface area contributed by atoms with Gasteiger partial charge in [0.15, 0.2) is 28.6 Å². The molecule has 4 rings (SSSR count). The van der Waals surface area contributed by atoms with Crippen molar-refractivity contribution in [3.05, 3.63) is 47.5 Å². The van der Waals surface area contributed by atoms with E-state index < -0.39 is 0 Å². The molecule has 4 aromatic rings. The van der Waals surface area contributed by atoms with E-state index in [-0.39, 0.29) is 6.61 Å². The normalized spacial score (nSPS) is 11.2. The van der Waals surface area contributed by atoms with Crippen molar-refractivity contribution in [2.75, 3.05) is 5.32 Å². The third kappa shape index (κ3) is 3.00. The van der Waals surface area contributed by atoms with E-state index in [1.807, 2.05) is 29.7 Å². The van der Waals surface area contributed by atoms with Crippen molar-refractivity contribution in [2.45, 2.75) is 20.1 Å². The van der Waals surface area contributed by atoms with Gasteiger partial charge in [0.25, 0.3) is 0 Å². The van der Waals surface area contributed by atoms with Crippen LogP contribution in [0.2, 0.25) is 5.02 Å². The molecule has 3 heterocycles. The number of aromatic amines is 1. The molecule has 0 fully saturated rings. The van der Waals surface area contributed by atoms with Crippen LogP contribution in [0, 0.1) is 0 Å². The quantitative estimate of drug-likeness (QED) is 0.499. The van der Waals surface area contributed by atoms with Gasteiger partial charge in [-0.05, 0) is 25.1 Å². The van der Waals surface area contributed by atoms with Gasteiger partial charge < -0.3 is 20.0 Å². The second-order valence-electron chi connectivity index (χ2n) is 5.65. The Morgan fingerprint density at radius 3 is 2.88 bits per heavy atom. The number of aliphatic hydroxyl groups is 1. The molecule has 0 atom stereocenters. The molecule has 1 aromatic carbocycles. The summed E-state index contributed by atoms with van der Waals surface area (Å²) in [4.78, 5) is 20.9. The zero-order chi connectivity index (χ0) is 18.1. The number of rotatable bonds is 5. The maximum Gasteiger partial charge on any atom is 0.199 e. The number of aryl methyl sites for hydroxylation is 1. The monoisotopic (exact) mass is 369 g/mol. The van der Waals surface area contributed by atoms with Gasteiger partial charge in [0.2, 0.25) is 0 Å². The van der Waals surface area contributed by atoms with Gasteiger partial charge in [0, 0.05) is 17.3 Å². The lowest BCUT2D eigenvalue weighted by Gasteiger charge is -2.08. The standard InChI is InChI=1S/C17H16ClN7O/c1-2-25-9-20-13-14(21-11-5-3-4-10(18)6-11)23-16(24-17(13)25)15-19-7-12(8-26)22-15/h3-7,9,26H,2,8H2,1H3,(H,19,22)(H,21,23,24). The average molecular weight is 370 g/mol. The number of aromatic nitrogens is 6. The van der Waals surface area contributed by atoms with Crippen LogP contribution < -0.4 is 5.32 Å². The highest BCUT2D eigenvalue weighted by Crippen LogP contribution is 2.26. The van der Waals surface area contributed by atoms with Gasteiger partial charge in [-0.3, -0.25) is 0 Å². The molecule has 3 aromatic heterocycles. The van der Waals surface area contributed by atoms with E-state index >= 15 is 0 Å². The summed E-state index contributed by atoms with van der Waals surface area (Å²) in [6, 6.07) is 7.36. The van der Waals surface area contributed by atoms with Crippen molar-refractivity contribution in [1.29, 1.82) is 0 Å². The summed E-state index contributed by atoms with van der Waals surface area (Å²) in [5.74, 6) is 1.45. The van der Waals surface area contributed by atoms with Crippen LogP contribution in [0.3, 0.4) is 0 Å². The number of hydrogen-bond acceptors (Lipinski definition) is 6. The van der Waals surface area contributed by atoms with Crippen LogP contribution in [0.4, 0.5) is 11.5 Å². The lowest BCUT2D eigenvalue weighted by atomic mass is 10.3. The van der Waals surface area contributed by atoms with Crippen molar-refractivity contribution in [1.82, 2.24) is 29.5 Å². The molecule has 8 nitrogen and oxygen atoms in total. The summed E-state index contributed by atoms with van der Waals surface area (Å²) in [6.07, 6.45) is 3.29. The van der Waals surface area contributed by atoms with E-state index in [0.29, 0.717) is 39.3 Å². The first-order valence-corrected chi connectivity index (χ1v) is 8.46. The summed E-state index contributed by atoms with van der Waals surface area (Å²) < 4.78 is 1.93. The Morgan fingerprint density at radius 1 is 1.27 bits per heavy atom. The molecule has 0 aliphatic carbocycles. The lowest BCUT2D eigenvalue weighted by molar-refractivity contribution is 0.277. The number of imidazole rings is 2. The van der Waals surface area contributed by atoms with E-state index in [1.165, 1.54) is 0 Å². The van der Waals surface area contributed by atoms with Gasteiger partial charge in [-0.15, -0.1) is 0 Å². The highest BCUT2D eigenvalue weighted by Gasteiger charge is 2.16. The molecule has 0 saturated heterocycles. The molecule has 9 heteroatoms. The van der Waals surface area contributed by atoms with Crippen LogP contribution in [0.15, 0.2) is 36.8 Å². The van der Waals surface area contributed by atoms with Gasteiger partial charge in [0.05, 0.1) is 24.8 Å². The van der Waals surface area contributed by atoms with E-state index in [2.05, 4.69) is 30.2 Å². The van der Waals surface area contributed by atoms with Crippen LogP contribution in [0.5, 0.6) is 0 Å². The third-order valence-electron chi connectivity index (χ3n) is 3.90. The van der Waals surface area contributed by atoms with E-state index in [9.17, 15) is 5.11 Å². The summed E-state index contributed by atoms with van der Waals surface area (Å²) in [5, 5.41) is 13.1. The number of anilines is 2. The minimum absolute atomic E-state index is 0.129. The summed E-state index contributed by atoms with van der Waals surface area (Å²) in [6.45, 7) is 2.61. The zero-order valence-corrected chi connectivity index (χ0v) is 14.7. The van der Waals surface area contributed by atoms with Gasteiger partial charge in [-0.1, -0.05) is 17.7 Å². The molecule has 0 aliphatic rings. The molecule has 0 saturated carbocycles. The fourth-order valence-corrected chi connectivity index (χ4v) is 2.82. The molecule has 0 amide bonds. The first-order chi connectivity index (χ1) is 12.7. The molecule has 0 unspecified atom stereocenters. The van der Waals surface area contributed by atoms with Crippen LogP contribution in [-0.4, -0.2) is 34.6 Å². The van der Waals surface area contributed by atoms with Crippen molar-refractivity contribution in [2.24, 2.45) is 0 Å². The minimum atomic E-state index is -0.129. The van der Waals surface area contributed by atoms with Crippen molar-refractivity contribution < 1.29 is 5.11 Å². The Morgan fingerprint density at radius 2 is 2.15 bits per heavy atom. The second kappa shape index (κ2) is 6.74. The minimum Gasteiger partial charge on any atom is -0.390 e. The molecule has 0 aliphatic heterocycles. The second-order valence-corrected chi connectivity index (χ2v) is 6.09. The Kier molecular flexibility index (Phi) is 4.27. The SMILES string of the molecule is CCn1cnc2c(Nc3cccc(Cl)c3)nc(-c3ncc(CO)[nH]3)nc21. The number of fused-ring (bicyclic) bond motifs is 1. The number of nitrogens with zero attached hydrogens (tertiary/aromatic N) is 5. The zero-order valence-electron chi connectivity index (χ0n) is 13.9. The molecular weight excluding hydrogens is 354 g/mol. The largest absolute Gasteiger partial charge is 0.390 e. The molecule has 0 radical (unpaired) electrons. The Bertz CT molecular complexity index is 1070. The summed E-state index contributed by atoms with van der Waals surface area (Å²) in [5.41, 5.74) is 2.75.